The summed E-state index contributed by atoms with van der Waals surface area (Å²) >= 11 is 0. The van der Waals surface area contributed by atoms with Gasteiger partial charge < -0.3 is 38.1 Å². The summed E-state index contributed by atoms with van der Waals surface area (Å²) < 4.78 is 69.7. The Labute approximate surface area is 403 Å². The molecular weight excluding hydrogens is 885 g/mol. The van der Waals surface area contributed by atoms with Gasteiger partial charge in [-0.2, -0.15) is 8.42 Å². The van der Waals surface area contributed by atoms with E-state index in [0.717, 1.165) is 94.2 Å². The number of benzene rings is 4. The Morgan fingerprint density at radius 3 is 1.96 bits per heavy atom. The van der Waals surface area contributed by atoms with Gasteiger partial charge in [0.2, 0.25) is 5.88 Å². The van der Waals surface area contributed by atoms with Crippen molar-refractivity contribution in [2.45, 2.75) is 77.8 Å². The van der Waals surface area contributed by atoms with Gasteiger partial charge in [-0.1, -0.05) is 60.2 Å². The second-order valence-electron chi connectivity index (χ2n) is 16.8. The molecule has 14 heteroatoms. The van der Waals surface area contributed by atoms with Crippen LogP contribution in [-0.2, 0) is 51.0 Å². The molecule has 1 saturated heterocycles. The lowest BCUT2D eigenvalue weighted by molar-refractivity contribution is -0.00682. The van der Waals surface area contributed by atoms with Crippen LogP contribution < -0.4 is 14.4 Å². The normalized spacial score (nSPS) is 13.1. The molecule has 6 rings (SSSR count). The molecule has 0 spiro atoms. The van der Waals surface area contributed by atoms with Gasteiger partial charge in [-0.25, -0.2) is 4.98 Å². The summed E-state index contributed by atoms with van der Waals surface area (Å²) in [5.41, 5.74) is 9.69. The van der Waals surface area contributed by atoms with Crippen LogP contribution in [0.4, 0.5) is 5.69 Å². The van der Waals surface area contributed by atoms with Gasteiger partial charge in [0.25, 0.3) is 10.1 Å². The molecule has 13 nitrogen and oxygen atoms in total. The van der Waals surface area contributed by atoms with Crippen molar-refractivity contribution >= 4 is 21.6 Å². The van der Waals surface area contributed by atoms with Crippen LogP contribution in [0.3, 0.4) is 0 Å². The van der Waals surface area contributed by atoms with Crippen molar-refractivity contribution in [1.82, 2.24) is 4.98 Å². The maximum atomic E-state index is 14.4. The van der Waals surface area contributed by atoms with E-state index < -0.39 is 10.1 Å². The summed E-state index contributed by atoms with van der Waals surface area (Å²) in [5, 5.41) is 0. The number of carbonyl (C=O) groups is 1. The van der Waals surface area contributed by atoms with E-state index in [1.807, 2.05) is 74.5 Å². The number of carbonyl (C=O) groups excluding carboxylic acids is 1. The average molecular weight is 953 g/mol. The minimum absolute atomic E-state index is 0.0735. The molecule has 0 unspecified atom stereocenters. The number of ketones is 1. The average Bonchev–Trinajstić information content (AvgIpc) is 3.34. The van der Waals surface area contributed by atoms with Crippen molar-refractivity contribution < 1.29 is 50.6 Å². The Morgan fingerprint density at radius 1 is 0.706 bits per heavy atom. The maximum absolute atomic E-state index is 14.4. The van der Waals surface area contributed by atoms with Gasteiger partial charge in [0.05, 0.1) is 64.4 Å². The van der Waals surface area contributed by atoms with Crippen LogP contribution >= 0.6 is 0 Å². The molecule has 5 aromatic rings. The Kier molecular flexibility index (Phi) is 20.8. The van der Waals surface area contributed by atoms with E-state index in [9.17, 15) is 13.2 Å². The zero-order chi connectivity index (χ0) is 48.1. The standard InChI is InChI=1S/C54H68N2O11S/c1-6-56(47-22-24-60-25-23-47)52-38-46(37-51(43(52)5)53(57)21-20-50-41(3)36-42(4)55-54(50)66-39-44-10-8-7-9-11-44)45-14-16-48(17-15-45)65-34-32-63-30-28-61-26-27-62-29-31-64-33-35-67-68(58,59)49-18-12-40(2)13-19-49/h7-19,36-38,47H,6,20-35,39H2,1-5H3. The fraction of sp³-hybridized carbons (Fsp3) is 0.444. The summed E-state index contributed by atoms with van der Waals surface area (Å²) in [7, 11) is -3.80. The molecule has 0 atom stereocenters. The number of ether oxygens (including phenoxy) is 7. The number of pyridine rings is 1. The smallest absolute Gasteiger partial charge is 0.297 e. The van der Waals surface area contributed by atoms with Crippen LogP contribution in [0.5, 0.6) is 11.6 Å². The van der Waals surface area contributed by atoms with Gasteiger partial charge in [-0.15, -0.1) is 0 Å². The molecule has 0 saturated carbocycles. The number of hydrogen-bond acceptors (Lipinski definition) is 13. The summed E-state index contributed by atoms with van der Waals surface area (Å²) in [6, 6.07) is 31.2. The molecule has 0 amide bonds. The highest BCUT2D eigenvalue weighted by molar-refractivity contribution is 7.86. The molecule has 68 heavy (non-hydrogen) atoms. The molecular formula is C54H68N2O11S. The Balaban J connectivity index is 0.947. The summed E-state index contributed by atoms with van der Waals surface area (Å²) in [6.07, 6.45) is 2.71. The molecule has 2 heterocycles. The molecule has 0 radical (unpaired) electrons. The number of rotatable bonds is 29. The van der Waals surface area contributed by atoms with Crippen LogP contribution in [0.15, 0.2) is 102 Å². The second kappa shape index (κ2) is 27.1. The fourth-order valence-electron chi connectivity index (χ4n) is 8.13. The third kappa shape index (κ3) is 15.9. The van der Waals surface area contributed by atoms with Crippen LogP contribution in [0.25, 0.3) is 11.1 Å². The summed E-state index contributed by atoms with van der Waals surface area (Å²) in [5.74, 6) is 1.39. The first-order valence-corrected chi connectivity index (χ1v) is 25.1. The predicted molar refractivity (Wildman–Crippen MR) is 264 cm³/mol. The molecule has 4 aromatic carbocycles. The Hall–Kier alpha value is -5.19. The largest absolute Gasteiger partial charge is 0.491 e. The van der Waals surface area contributed by atoms with E-state index in [1.165, 1.54) is 12.1 Å². The van der Waals surface area contributed by atoms with Crippen molar-refractivity contribution in [1.29, 1.82) is 0 Å². The molecule has 1 aliphatic rings. The predicted octanol–water partition coefficient (Wildman–Crippen LogP) is 9.23. The zero-order valence-electron chi connectivity index (χ0n) is 40.3. The minimum atomic E-state index is -3.80. The number of aromatic nitrogens is 1. The lowest BCUT2D eigenvalue weighted by atomic mass is 9.91. The van der Waals surface area contributed by atoms with Gasteiger partial charge in [-0.3, -0.25) is 8.98 Å². The molecule has 1 fully saturated rings. The van der Waals surface area contributed by atoms with E-state index in [0.29, 0.717) is 84.2 Å². The van der Waals surface area contributed by atoms with E-state index in [1.54, 1.807) is 12.1 Å². The molecule has 0 aliphatic carbocycles. The molecule has 1 aliphatic heterocycles. The topological polar surface area (TPSA) is 141 Å². The highest BCUT2D eigenvalue weighted by Crippen LogP contribution is 2.35. The second-order valence-corrected chi connectivity index (χ2v) is 18.4. The Bertz CT molecular complexity index is 2420. The van der Waals surface area contributed by atoms with Crippen molar-refractivity contribution in [3.05, 3.63) is 136 Å². The first kappa shape index (κ1) is 52.2. The van der Waals surface area contributed by atoms with E-state index >= 15 is 0 Å². The fourth-order valence-corrected chi connectivity index (χ4v) is 9.02. The maximum Gasteiger partial charge on any atom is 0.297 e. The minimum Gasteiger partial charge on any atom is -0.491 e. The van der Waals surface area contributed by atoms with Crippen LogP contribution in [0.1, 0.15) is 70.1 Å². The van der Waals surface area contributed by atoms with Crippen molar-refractivity contribution in [3.63, 3.8) is 0 Å². The highest BCUT2D eigenvalue weighted by Gasteiger charge is 2.25. The van der Waals surface area contributed by atoms with Crippen molar-refractivity contribution in [2.75, 3.05) is 90.7 Å². The van der Waals surface area contributed by atoms with Crippen molar-refractivity contribution in [2.24, 2.45) is 0 Å². The third-order valence-electron chi connectivity index (χ3n) is 11.8. The van der Waals surface area contributed by atoms with Gasteiger partial charge in [0.1, 0.15) is 19.0 Å². The van der Waals surface area contributed by atoms with Gasteiger partial charge in [-0.05, 0) is 124 Å². The zero-order valence-corrected chi connectivity index (χ0v) is 41.2. The van der Waals surface area contributed by atoms with Crippen molar-refractivity contribution in [3.8, 4) is 22.8 Å². The number of anilines is 1. The molecule has 366 valence electrons. The van der Waals surface area contributed by atoms with E-state index in [-0.39, 0.29) is 23.9 Å². The van der Waals surface area contributed by atoms with E-state index in [4.69, 9.17) is 42.3 Å². The SMILES string of the molecule is CCN(c1cc(-c2ccc(OCCOCCOCCOCCOCCOS(=O)(=O)c3ccc(C)cc3)cc2)cc(C(=O)CCc2c(C)cc(C)nc2OCc2ccccc2)c1C)C1CCOCC1. The molecule has 1 aromatic heterocycles. The lowest BCUT2D eigenvalue weighted by Crippen LogP contribution is -2.40. The highest BCUT2D eigenvalue weighted by atomic mass is 32.2. The molecule has 0 N–H and O–H groups in total. The van der Waals surface area contributed by atoms with Crippen LogP contribution in [0.2, 0.25) is 0 Å². The summed E-state index contributed by atoms with van der Waals surface area (Å²) in [6.45, 7) is 16.0. The first-order chi connectivity index (χ1) is 33.0. The third-order valence-corrected chi connectivity index (χ3v) is 13.1. The number of Topliss-reactive ketones (excluding diaryl/α,β-unsaturated/α-hetero) is 1. The van der Waals surface area contributed by atoms with Crippen LogP contribution in [0, 0.1) is 27.7 Å². The number of nitrogens with zero attached hydrogens (tertiary/aromatic N) is 2. The summed E-state index contributed by atoms with van der Waals surface area (Å²) in [4.78, 5) is 21.7. The first-order valence-electron chi connectivity index (χ1n) is 23.7. The van der Waals surface area contributed by atoms with Crippen LogP contribution in [-0.4, -0.2) is 111 Å². The number of aryl methyl sites for hydroxylation is 3. The quantitative estimate of drug-likeness (QED) is 0.0256. The van der Waals surface area contributed by atoms with Gasteiger partial charge in [0.15, 0.2) is 5.78 Å². The molecule has 0 bridgehead atoms. The van der Waals surface area contributed by atoms with Gasteiger partial charge in [0, 0.05) is 54.7 Å². The Morgan fingerprint density at radius 2 is 1.32 bits per heavy atom. The van der Waals surface area contributed by atoms with Gasteiger partial charge >= 0.3 is 0 Å². The van der Waals surface area contributed by atoms with E-state index in [2.05, 4.69) is 37.8 Å². The number of hydrogen-bond donors (Lipinski definition) is 0. The monoisotopic (exact) mass is 952 g/mol. The lowest BCUT2D eigenvalue weighted by Gasteiger charge is -2.37.